The summed E-state index contributed by atoms with van der Waals surface area (Å²) >= 11 is 0. The van der Waals surface area contributed by atoms with Gasteiger partial charge in [-0.15, -0.1) is 0 Å². The first-order chi connectivity index (χ1) is 41.8. The van der Waals surface area contributed by atoms with Gasteiger partial charge in [-0.3, -0.25) is 18.6 Å². The van der Waals surface area contributed by atoms with Gasteiger partial charge >= 0.3 is 19.8 Å². The Morgan fingerprint density at radius 2 is 0.612 bits per heavy atom. The lowest BCUT2D eigenvalue weighted by Crippen LogP contribution is -2.29. The molecule has 0 fully saturated rings. The number of phosphoric ester groups is 1. The van der Waals surface area contributed by atoms with E-state index in [9.17, 15) is 19.0 Å². The van der Waals surface area contributed by atoms with Crippen LogP contribution in [0.5, 0.6) is 0 Å². The number of unbranched alkanes of at least 4 members (excludes halogenated alkanes) is 44. The summed E-state index contributed by atoms with van der Waals surface area (Å²) in [4.78, 5) is 35.4. The Kier molecular flexibility index (Phi) is 68.4. The van der Waals surface area contributed by atoms with E-state index in [1.165, 1.54) is 270 Å². The van der Waals surface area contributed by atoms with Gasteiger partial charge in [0.2, 0.25) is 0 Å². The number of phosphoric acid groups is 1. The molecule has 0 aromatic carbocycles. The van der Waals surface area contributed by atoms with E-state index < -0.39 is 26.5 Å². The van der Waals surface area contributed by atoms with E-state index in [0.29, 0.717) is 6.42 Å². The molecule has 0 saturated heterocycles. The molecule has 10 heteroatoms. The van der Waals surface area contributed by atoms with Gasteiger partial charge in [-0.1, -0.05) is 331 Å². The monoisotopic (exact) mass is 1210 g/mol. The van der Waals surface area contributed by atoms with Crippen LogP contribution in [0.3, 0.4) is 0 Å². The minimum atomic E-state index is -4.40. The average molecular weight is 1210 g/mol. The molecule has 0 saturated carbocycles. The van der Waals surface area contributed by atoms with Crippen LogP contribution < -0.4 is 5.73 Å². The van der Waals surface area contributed by atoms with Crippen LogP contribution in [0.15, 0.2) is 72.9 Å². The van der Waals surface area contributed by atoms with Crippen LogP contribution in [0.4, 0.5) is 0 Å². The van der Waals surface area contributed by atoms with Crippen molar-refractivity contribution in [3.8, 4) is 0 Å². The largest absolute Gasteiger partial charge is 0.472 e. The van der Waals surface area contributed by atoms with Crippen molar-refractivity contribution in [2.45, 2.75) is 367 Å². The first kappa shape index (κ1) is 82.5. The second-order valence-electron chi connectivity index (χ2n) is 24.5. The number of hydrogen-bond donors (Lipinski definition) is 2. The molecule has 0 spiro atoms. The first-order valence-electron chi connectivity index (χ1n) is 36.4. The Labute approximate surface area is 526 Å². The second kappa shape index (κ2) is 70.5. The van der Waals surface area contributed by atoms with E-state index >= 15 is 0 Å². The highest BCUT2D eigenvalue weighted by molar-refractivity contribution is 7.47. The maximum atomic E-state index is 12.8. The normalized spacial score (nSPS) is 13.3. The zero-order valence-corrected chi connectivity index (χ0v) is 56.7. The molecule has 0 radical (unpaired) electrons. The number of ether oxygens (including phenoxy) is 2. The summed E-state index contributed by atoms with van der Waals surface area (Å²) in [5.41, 5.74) is 5.40. The maximum Gasteiger partial charge on any atom is 0.472 e. The minimum absolute atomic E-state index is 0.0526. The van der Waals surface area contributed by atoms with Crippen LogP contribution in [-0.4, -0.2) is 49.3 Å². The lowest BCUT2D eigenvalue weighted by molar-refractivity contribution is -0.161. The number of hydrogen-bond acceptors (Lipinski definition) is 8. The number of carbonyl (C=O) groups excluding carboxylic acids is 2. The van der Waals surface area contributed by atoms with Crippen molar-refractivity contribution in [2.24, 2.45) is 5.73 Å². The van der Waals surface area contributed by atoms with Gasteiger partial charge < -0.3 is 20.1 Å². The Morgan fingerprint density at radius 1 is 0.353 bits per heavy atom. The van der Waals surface area contributed by atoms with Gasteiger partial charge in [0.15, 0.2) is 6.10 Å². The molecule has 2 unspecified atom stereocenters. The fourth-order valence-electron chi connectivity index (χ4n) is 10.7. The fraction of sp³-hybridized carbons (Fsp3) is 0.813. The van der Waals surface area contributed by atoms with Crippen LogP contribution in [0.25, 0.3) is 0 Å². The van der Waals surface area contributed by atoms with Crippen molar-refractivity contribution >= 4 is 19.8 Å². The molecule has 0 amide bonds. The molecule has 0 aliphatic heterocycles. The SMILES string of the molecule is CCCCCCC/C=C\C/C=C\C/C=C\CCCCCCCCCCCCCCCCCCCCCCCCCCC(=O)OC(COC(=O)CCCCCCCCCCCC/C=C\C/C=C\C/C=C\CCCCCCC)COP(=O)(O)OCCN. The van der Waals surface area contributed by atoms with Crippen molar-refractivity contribution in [1.29, 1.82) is 0 Å². The molecule has 0 aromatic rings. The molecule has 0 aromatic heterocycles. The molecular weight excluding hydrogens is 1070 g/mol. The van der Waals surface area contributed by atoms with Crippen LogP contribution in [0.2, 0.25) is 0 Å². The number of esters is 2. The smallest absolute Gasteiger partial charge is 0.462 e. The second-order valence-corrected chi connectivity index (χ2v) is 25.9. The lowest BCUT2D eigenvalue weighted by Gasteiger charge is -2.19. The van der Waals surface area contributed by atoms with Crippen molar-refractivity contribution in [1.82, 2.24) is 0 Å². The number of nitrogens with two attached hydrogens (primary N) is 1. The van der Waals surface area contributed by atoms with Gasteiger partial charge in [-0.25, -0.2) is 4.57 Å². The summed E-state index contributed by atoms with van der Waals surface area (Å²) in [6.07, 6.45) is 93.0. The van der Waals surface area contributed by atoms with E-state index in [4.69, 9.17) is 24.3 Å². The molecule has 0 heterocycles. The summed E-state index contributed by atoms with van der Waals surface area (Å²) in [5, 5.41) is 0. The van der Waals surface area contributed by atoms with Gasteiger partial charge in [0.25, 0.3) is 0 Å². The van der Waals surface area contributed by atoms with Crippen molar-refractivity contribution in [2.75, 3.05) is 26.4 Å². The van der Waals surface area contributed by atoms with Gasteiger partial charge in [-0.2, -0.15) is 0 Å². The summed E-state index contributed by atoms with van der Waals surface area (Å²) in [6.45, 7) is 3.77. The van der Waals surface area contributed by atoms with Gasteiger partial charge in [-0.05, 0) is 89.9 Å². The molecule has 2 atom stereocenters. The predicted molar refractivity (Wildman–Crippen MR) is 367 cm³/mol. The lowest BCUT2D eigenvalue weighted by atomic mass is 10.0. The van der Waals surface area contributed by atoms with E-state index in [1.807, 2.05) is 0 Å². The topological polar surface area (TPSA) is 134 Å². The molecule has 0 rings (SSSR count). The highest BCUT2D eigenvalue weighted by Gasteiger charge is 2.26. The minimum Gasteiger partial charge on any atom is -0.462 e. The zero-order chi connectivity index (χ0) is 61.6. The summed E-state index contributed by atoms with van der Waals surface area (Å²) in [6, 6.07) is 0. The Bertz CT molecular complexity index is 1620. The van der Waals surface area contributed by atoms with Gasteiger partial charge in [0.1, 0.15) is 6.61 Å². The molecule has 0 aliphatic rings. The molecule has 9 nitrogen and oxygen atoms in total. The van der Waals surface area contributed by atoms with Crippen molar-refractivity contribution in [3.05, 3.63) is 72.9 Å². The molecule has 85 heavy (non-hydrogen) atoms. The highest BCUT2D eigenvalue weighted by atomic mass is 31.2. The summed E-state index contributed by atoms with van der Waals surface area (Å²) in [5.74, 6) is -0.817. The Morgan fingerprint density at radius 3 is 0.906 bits per heavy atom. The van der Waals surface area contributed by atoms with E-state index in [2.05, 4.69) is 86.8 Å². The van der Waals surface area contributed by atoms with Crippen molar-refractivity contribution in [3.63, 3.8) is 0 Å². The van der Waals surface area contributed by atoms with Crippen LogP contribution in [0.1, 0.15) is 361 Å². The fourth-order valence-corrected chi connectivity index (χ4v) is 11.4. The molecule has 496 valence electrons. The maximum absolute atomic E-state index is 12.8. The van der Waals surface area contributed by atoms with Gasteiger partial charge in [0.05, 0.1) is 13.2 Å². The van der Waals surface area contributed by atoms with Crippen molar-refractivity contribution < 1.29 is 37.6 Å². The van der Waals surface area contributed by atoms with E-state index in [0.717, 1.165) is 57.8 Å². The number of carbonyl (C=O) groups is 2. The predicted octanol–water partition coefficient (Wildman–Crippen LogP) is 24.0. The van der Waals surface area contributed by atoms with E-state index in [1.54, 1.807) is 0 Å². The number of allylic oxidation sites excluding steroid dienone is 12. The summed E-state index contributed by atoms with van der Waals surface area (Å²) in [7, 11) is -4.40. The standard InChI is InChI=1S/C75H138NO8P/c1-3-5-7-9-11-13-15-17-19-21-23-25-27-29-30-31-32-33-34-35-36-37-38-39-40-41-42-44-46-48-50-52-54-56-58-60-62-64-66-68-75(78)84-73(72-83-85(79,80)82-70-69-76)71-81-74(77)67-65-63-61-59-57-55-53-51-49-47-45-43-28-26-24-22-20-18-16-14-12-10-8-6-4-2/h15-18,21-24,27-29,43,73H,3-14,19-20,25-26,30-42,44-72,76H2,1-2H3,(H,79,80)/b17-15-,18-16-,23-21-,24-22-,29-27-,43-28-. The third-order valence-electron chi connectivity index (χ3n) is 16.1. The average Bonchev–Trinajstić information content (AvgIpc) is 3.53. The highest BCUT2D eigenvalue weighted by Crippen LogP contribution is 2.43. The van der Waals surface area contributed by atoms with Crippen LogP contribution >= 0.6 is 7.82 Å². The van der Waals surface area contributed by atoms with Gasteiger partial charge in [0, 0.05) is 19.4 Å². The molecule has 3 N–H and O–H groups in total. The first-order valence-corrected chi connectivity index (χ1v) is 37.9. The third kappa shape index (κ3) is 70.4. The molecule has 0 bridgehead atoms. The van der Waals surface area contributed by atoms with E-state index in [-0.39, 0.29) is 38.6 Å². The third-order valence-corrected chi connectivity index (χ3v) is 17.0. The quantitative estimate of drug-likeness (QED) is 0.0264. The Hall–Kier alpha value is -2.55. The zero-order valence-electron chi connectivity index (χ0n) is 55.8. The molecule has 0 aliphatic carbocycles. The van der Waals surface area contributed by atoms with Crippen LogP contribution in [-0.2, 0) is 32.7 Å². The number of rotatable bonds is 69. The molecular formula is C75H138NO8P. The summed E-state index contributed by atoms with van der Waals surface area (Å²) < 4.78 is 33.2. The Balaban J connectivity index is 3.81. The van der Waals surface area contributed by atoms with Crippen LogP contribution in [0, 0.1) is 0 Å².